The number of benzene rings is 2. The third kappa shape index (κ3) is 3.44. The highest BCUT2D eigenvalue weighted by Crippen LogP contribution is 2.29. The van der Waals surface area contributed by atoms with Crippen LogP contribution in [0.1, 0.15) is 24.1 Å². The van der Waals surface area contributed by atoms with E-state index in [1.165, 1.54) is 0 Å². The molecule has 0 aliphatic carbocycles. The van der Waals surface area contributed by atoms with E-state index in [1.54, 1.807) is 13.2 Å². The predicted octanol–water partition coefficient (Wildman–Crippen LogP) is 3.91. The van der Waals surface area contributed by atoms with E-state index in [9.17, 15) is 5.11 Å². The maximum atomic E-state index is 10.0. The molecule has 0 amide bonds. The highest BCUT2D eigenvalue weighted by molar-refractivity contribution is 6.30. The van der Waals surface area contributed by atoms with Crippen molar-refractivity contribution in [3.63, 3.8) is 0 Å². The number of aromatic hydroxyl groups is 1. The summed E-state index contributed by atoms with van der Waals surface area (Å²) < 4.78 is 5.10. The standard InChI is InChI=1S/C16H18ClNO2/c1-11(12-6-8-14(17)9-7-12)18-10-13-4-3-5-15(20-2)16(13)19/h3-9,11,18-19H,10H2,1-2H3/t11-/m0/s1. The van der Waals surface area contributed by atoms with E-state index in [0.29, 0.717) is 12.3 Å². The smallest absolute Gasteiger partial charge is 0.162 e. The van der Waals surface area contributed by atoms with Crippen molar-refractivity contribution in [3.05, 3.63) is 58.6 Å². The number of rotatable bonds is 5. The Bertz CT molecular complexity index is 569. The minimum Gasteiger partial charge on any atom is -0.504 e. The van der Waals surface area contributed by atoms with E-state index in [0.717, 1.165) is 16.1 Å². The molecule has 2 N–H and O–H groups in total. The molecule has 0 spiro atoms. The number of phenols is 1. The van der Waals surface area contributed by atoms with Crippen molar-refractivity contribution in [1.29, 1.82) is 0 Å². The third-order valence-corrected chi connectivity index (χ3v) is 3.52. The molecule has 0 saturated heterocycles. The quantitative estimate of drug-likeness (QED) is 0.878. The van der Waals surface area contributed by atoms with Crippen LogP contribution in [0.5, 0.6) is 11.5 Å². The number of ether oxygens (including phenoxy) is 1. The molecule has 2 aromatic carbocycles. The Balaban J connectivity index is 2.03. The summed E-state index contributed by atoms with van der Waals surface area (Å²) in [7, 11) is 1.54. The lowest BCUT2D eigenvalue weighted by atomic mass is 10.1. The number of para-hydroxylation sites is 1. The van der Waals surface area contributed by atoms with Crippen LogP contribution in [-0.2, 0) is 6.54 Å². The summed E-state index contributed by atoms with van der Waals surface area (Å²) in [6.45, 7) is 2.63. The SMILES string of the molecule is COc1cccc(CN[C@@H](C)c2ccc(Cl)cc2)c1O. The average molecular weight is 292 g/mol. The zero-order valence-electron chi connectivity index (χ0n) is 11.6. The Kier molecular flexibility index (Phi) is 4.88. The highest BCUT2D eigenvalue weighted by Gasteiger charge is 2.09. The van der Waals surface area contributed by atoms with Gasteiger partial charge in [-0.1, -0.05) is 35.9 Å². The zero-order valence-corrected chi connectivity index (χ0v) is 12.3. The molecule has 0 fully saturated rings. The van der Waals surface area contributed by atoms with Crippen LogP contribution in [0.4, 0.5) is 0 Å². The molecule has 0 aliphatic heterocycles. The van der Waals surface area contributed by atoms with Gasteiger partial charge in [0.1, 0.15) is 0 Å². The molecule has 2 rings (SSSR count). The Morgan fingerprint density at radius 3 is 2.55 bits per heavy atom. The molecule has 0 aliphatic rings. The summed E-state index contributed by atoms with van der Waals surface area (Å²) in [5.74, 6) is 0.675. The van der Waals surface area contributed by atoms with Crippen LogP contribution in [0.3, 0.4) is 0 Å². The molecule has 0 radical (unpaired) electrons. The maximum absolute atomic E-state index is 10.0. The van der Waals surface area contributed by atoms with Gasteiger partial charge in [0.15, 0.2) is 11.5 Å². The molecule has 0 aromatic heterocycles. The van der Waals surface area contributed by atoms with E-state index >= 15 is 0 Å². The van der Waals surface area contributed by atoms with E-state index in [1.807, 2.05) is 36.4 Å². The number of hydrogen-bond donors (Lipinski definition) is 2. The molecule has 0 bridgehead atoms. The third-order valence-electron chi connectivity index (χ3n) is 3.27. The van der Waals surface area contributed by atoms with Crippen LogP contribution in [0.15, 0.2) is 42.5 Å². The summed E-state index contributed by atoms with van der Waals surface area (Å²) in [5, 5.41) is 14.1. The first-order valence-electron chi connectivity index (χ1n) is 6.45. The molecular formula is C16H18ClNO2. The number of hydrogen-bond acceptors (Lipinski definition) is 3. The van der Waals surface area contributed by atoms with E-state index in [4.69, 9.17) is 16.3 Å². The normalized spacial score (nSPS) is 12.2. The van der Waals surface area contributed by atoms with Crippen molar-refractivity contribution < 1.29 is 9.84 Å². The van der Waals surface area contributed by atoms with Crippen LogP contribution >= 0.6 is 11.6 Å². The van der Waals surface area contributed by atoms with Gasteiger partial charge in [-0.25, -0.2) is 0 Å². The van der Waals surface area contributed by atoms with Gasteiger partial charge in [-0.15, -0.1) is 0 Å². The summed E-state index contributed by atoms with van der Waals surface area (Å²) in [4.78, 5) is 0. The maximum Gasteiger partial charge on any atom is 0.162 e. The lowest BCUT2D eigenvalue weighted by Gasteiger charge is -2.15. The van der Waals surface area contributed by atoms with Gasteiger partial charge >= 0.3 is 0 Å². The molecule has 2 aromatic rings. The van der Waals surface area contributed by atoms with Crippen molar-refractivity contribution in [2.75, 3.05) is 7.11 Å². The topological polar surface area (TPSA) is 41.5 Å². The lowest BCUT2D eigenvalue weighted by Crippen LogP contribution is -2.18. The minimum absolute atomic E-state index is 0.165. The van der Waals surface area contributed by atoms with Gasteiger partial charge in [0, 0.05) is 23.2 Å². The van der Waals surface area contributed by atoms with Gasteiger partial charge in [0.2, 0.25) is 0 Å². The van der Waals surface area contributed by atoms with Gasteiger partial charge in [0.25, 0.3) is 0 Å². The molecular weight excluding hydrogens is 274 g/mol. The van der Waals surface area contributed by atoms with Crippen molar-refractivity contribution in [1.82, 2.24) is 5.32 Å². The highest BCUT2D eigenvalue weighted by atomic mass is 35.5. The Hall–Kier alpha value is -1.71. The molecule has 0 saturated carbocycles. The first kappa shape index (κ1) is 14.7. The van der Waals surface area contributed by atoms with Gasteiger partial charge in [-0.2, -0.15) is 0 Å². The van der Waals surface area contributed by atoms with Gasteiger partial charge in [-0.05, 0) is 30.7 Å². The summed E-state index contributed by atoms with van der Waals surface area (Å²) >= 11 is 5.88. The van der Waals surface area contributed by atoms with Crippen molar-refractivity contribution in [3.8, 4) is 11.5 Å². The molecule has 106 valence electrons. The van der Waals surface area contributed by atoms with Gasteiger partial charge in [0.05, 0.1) is 7.11 Å². The largest absolute Gasteiger partial charge is 0.504 e. The zero-order chi connectivity index (χ0) is 14.5. The molecule has 4 heteroatoms. The number of methoxy groups -OCH3 is 1. The second-order valence-corrected chi connectivity index (χ2v) is 5.06. The summed E-state index contributed by atoms with van der Waals surface area (Å²) in [5.41, 5.74) is 1.96. The predicted molar refractivity (Wildman–Crippen MR) is 81.4 cm³/mol. The molecule has 0 unspecified atom stereocenters. The lowest BCUT2D eigenvalue weighted by molar-refractivity contribution is 0.369. The van der Waals surface area contributed by atoms with E-state index in [-0.39, 0.29) is 11.8 Å². The Morgan fingerprint density at radius 1 is 1.20 bits per heavy atom. The second-order valence-electron chi connectivity index (χ2n) is 4.62. The first-order chi connectivity index (χ1) is 9.61. The van der Waals surface area contributed by atoms with Crippen molar-refractivity contribution >= 4 is 11.6 Å². The number of halogens is 1. The van der Waals surface area contributed by atoms with Crippen LogP contribution in [0, 0.1) is 0 Å². The van der Waals surface area contributed by atoms with Crippen LogP contribution in [0.2, 0.25) is 5.02 Å². The minimum atomic E-state index is 0.165. The van der Waals surface area contributed by atoms with Crippen molar-refractivity contribution in [2.45, 2.75) is 19.5 Å². The Labute approximate surface area is 124 Å². The monoisotopic (exact) mass is 291 g/mol. The van der Waals surface area contributed by atoms with E-state index in [2.05, 4.69) is 12.2 Å². The molecule has 20 heavy (non-hydrogen) atoms. The first-order valence-corrected chi connectivity index (χ1v) is 6.83. The second kappa shape index (κ2) is 6.64. The number of phenolic OH excluding ortho intramolecular Hbond substituents is 1. The van der Waals surface area contributed by atoms with Gasteiger partial charge in [-0.3, -0.25) is 0 Å². The van der Waals surface area contributed by atoms with E-state index < -0.39 is 0 Å². The fraction of sp³-hybridized carbons (Fsp3) is 0.250. The van der Waals surface area contributed by atoms with Crippen LogP contribution in [-0.4, -0.2) is 12.2 Å². The average Bonchev–Trinajstić information content (AvgIpc) is 2.46. The fourth-order valence-corrected chi connectivity index (χ4v) is 2.13. The van der Waals surface area contributed by atoms with Crippen molar-refractivity contribution in [2.24, 2.45) is 0 Å². The molecule has 3 nitrogen and oxygen atoms in total. The van der Waals surface area contributed by atoms with Crippen LogP contribution in [0.25, 0.3) is 0 Å². The number of nitrogens with one attached hydrogen (secondary N) is 1. The molecule has 0 heterocycles. The summed E-state index contributed by atoms with van der Waals surface area (Å²) in [6.07, 6.45) is 0. The fourth-order valence-electron chi connectivity index (χ4n) is 2.01. The van der Waals surface area contributed by atoms with Crippen LogP contribution < -0.4 is 10.1 Å². The summed E-state index contributed by atoms with van der Waals surface area (Å²) in [6, 6.07) is 13.4. The Morgan fingerprint density at radius 2 is 1.90 bits per heavy atom. The molecule has 1 atom stereocenters. The van der Waals surface area contributed by atoms with Gasteiger partial charge < -0.3 is 15.2 Å².